The van der Waals surface area contributed by atoms with Crippen molar-refractivity contribution in [3.8, 4) is 0 Å². The zero-order valence-corrected chi connectivity index (χ0v) is 11.5. The highest BCUT2D eigenvalue weighted by Gasteiger charge is 2.23. The second-order valence-electron chi connectivity index (χ2n) is 4.90. The van der Waals surface area contributed by atoms with Gasteiger partial charge in [0.25, 0.3) is 0 Å². The number of nitrogens with zero attached hydrogens (tertiary/aromatic N) is 1. The number of hydrogen-bond donors (Lipinski definition) is 1. The van der Waals surface area contributed by atoms with Crippen LogP contribution >= 0.6 is 11.6 Å². The number of anilines is 1. The van der Waals surface area contributed by atoms with Crippen LogP contribution in [0.15, 0.2) is 18.2 Å². The molecule has 18 heavy (non-hydrogen) atoms. The predicted molar refractivity (Wildman–Crippen MR) is 74.9 cm³/mol. The molecule has 1 saturated heterocycles. The van der Waals surface area contributed by atoms with Gasteiger partial charge in [0.05, 0.1) is 10.7 Å². The summed E-state index contributed by atoms with van der Waals surface area (Å²) in [6.07, 6.45) is 2.34. The maximum atomic E-state index is 13.0. The second kappa shape index (κ2) is 6.39. The SMILES string of the molecule is CCCNCC1CCN(c2ccc(F)cc2Cl)C1. The first kappa shape index (κ1) is 13.6. The third-order valence-electron chi connectivity index (χ3n) is 3.40. The Bertz CT molecular complexity index is 397. The summed E-state index contributed by atoms with van der Waals surface area (Å²) in [4.78, 5) is 2.25. The Morgan fingerprint density at radius 1 is 1.50 bits per heavy atom. The molecule has 0 aromatic heterocycles. The van der Waals surface area contributed by atoms with Gasteiger partial charge in [0.2, 0.25) is 0 Å². The lowest BCUT2D eigenvalue weighted by molar-refractivity contribution is 0.516. The molecule has 1 aliphatic rings. The fourth-order valence-corrected chi connectivity index (χ4v) is 2.73. The van der Waals surface area contributed by atoms with Gasteiger partial charge < -0.3 is 10.2 Å². The normalized spacial score (nSPS) is 19.5. The summed E-state index contributed by atoms with van der Waals surface area (Å²) in [5, 5.41) is 3.96. The molecule has 1 atom stereocenters. The van der Waals surface area contributed by atoms with E-state index in [9.17, 15) is 4.39 Å². The highest BCUT2D eigenvalue weighted by atomic mass is 35.5. The van der Waals surface area contributed by atoms with Gasteiger partial charge in [-0.15, -0.1) is 0 Å². The van der Waals surface area contributed by atoms with Crippen molar-refractivity contribution in [2.45, 2.75) is 19.8 Å². The molecule has 0 saturated carbocycles. The molecule has 2 nitrogen and oxygen atoms in total. The van der Waals surface area contributed by atoms with E-state index in [0.717, 1.165) is 31.9 Å². The van der Waals surface area contributed by atoms with E-state index in [1.165, 1.54) is 25.0 Å². The average molecular weight is 271 g/mol. The van der Waals surface area contributed by atoms with Gasteiger partial charge in [-0.3, -0.25) is 0 Å². The fourth-order valence-electron chi connectivity index (χ4n) is 2.44. The summed E-state index contributed by atoms with van der Waals surface area (Å²) >= 11 is 6.09. The van der Waals surface area contributed by atoms with Crippen molar-refractivity contribution in [3.05, 3.63) is 29.0 Å². The topological polar surface area (TPSA) is 15.3 Å². The van der Waals surface area contributed by atoms with Gasteiger partial charge in [-0.05, 0) is 50.0 Å². The van der Waals surface area contributed by atoms with Crippen molar-refractivity contribution >= 4 is 17.3 Å². The molecule has 0 aliphatic carbocycles. The summed E-state index contributed by atoms with van der Waals surface area (Å²) in [6, 6.07) is 4.64. The summed E-state index contributed by atoms with van der Waals surface area (Å²) in [7, 11) is 0. The summed E-state index contributed by atoms with van der Waals surface area (Å²) < 4.78 is 13.0. The van der Waals surface area contributed by atoms with Crippen LogP contribution in [0, 0.1) is 11.7 Å². The van der Waals surface area contributed by atoms with Crippen LogP contribution in [0.25, 0.3) is 0 Å². The molecule has 1 fully saturated rings. The molecule has 1 heterocycles. The lowest BCUT2D eigenvalue weighted by Crippen LogP contribution is -2.26. The third kappa shape index (κ3) is 3.36. The monoisotopic (exact) mass is 270 g/mol. The molecule has 0 amide bonds. The molecule has 1 aromatic carbocycles. The lowest BCUT2D eigenvalue weighted by atomic mass is 10.1. The van der Waals surface area contributed by atoms with Crippen LogP contribution in [-0.2, 0) is 0 Å². The van der Waals surface area contributed by atoms with Gasteiger partial charge in [0.15, 0.2) is 0 Å². The molecule has 1 aliphatic heterocycles. The van der Waals surface area contributed by atoms with E-state index in [-0.39, 0.29) is 5.82 Å². The number of halogens is 2. The molecule has 1 N–H and O–H groups in total. The highest BCUT2D eigenvalue weighted by Crippen LogP contribution is 2.30. The number of rotatable bonds is 5. The van der Waals surface area contributed by atoms with Gasteiger partial charge in [-0.2, -0.15) is 0 Å². The minimum absolute atomic E-state index is 0.274. The van der Waals surface area contributed by atoms with Crippen LogP contribution in [0.4, 0.5) is 10.1 Å². The van der Waals surface area contributed by atoms with E-state index in [0.29, 0.717) is 10.9 Å². The van der Waals surface area contributed by atoms with Crippen LogP contribution in [0.5, 0.6) is 0 Å². The van der Waals surface area contributed by atoms with Crippen molar-refractivity contribution in [2.24, 2.45) is 5.92 Å². The molecular formula is C14H20ClFN2. The Balaban J connectivity index is 1.91. The lowest BCUT2D eigenvalue weighted by Gasteiger charge is -2.20. The van der Waals surface area contributed by atoms with Crippen molar-refractivity contribution in [1.82, 2.24) is 5.32 Å². The van der Waals surface area contributed by atoms with Gasteiger partial charge in [0, 0.05) is 13.1 Å². The van der Waals surface area contributed by atoms with Crippen molar-refractivity contribution < 1.29 is 4.39 Å². The zero-order chi connectivity index (χ0) is 13.0. The highest BCUT2D eigenvalue weighted by molar-refractivity contribution is 6.33. The molecule has 2 rings (SSSR count). The maximum Gasteiger partial charge on any atom is 0.124 e. The molecule has 4 heteroatoms. The second-order valence-corrected chi connectivity index (χ2v) is 5.31. The van der Waals surface area contributed by atoms with E-state index < -0.39 is 0 Å². The van der Waals surface area contributed by atoms with Crippen LogP contribution in [-0.4, -0.2) is 26.2 Å². The summed E-state index contributed by atoms with van der Waals surface area (Å²) in [5.41, 5.74) is 0.955. The zero-order valence-electron chi connectivity index (χ0n) is 10.8. The smallest absolute Gasteiger partial charge is 0.124 e. The number of benzene rings is 1. The van der Waals surface area contributed by atoms with E-state index in [2.05, 4.69) is 17.1 Å². The maximum absolute atomic E-state index is 13.0. The minimum Gasteiger partial charge on any atom is -0.370 e. The van der Waals surface area contributed by atoms with Crippen molar-refractivity contribution in [2.75, 3.05) is 31.1 Å². The molecular weight excluding hydrogens is 251 g/mol. The van der Waals surface area contributed by atoms with E-state index >= 15 is 0 Å². The largest absolute Gasteiger partial charge is 0.370 e. The molecule has 0 radical (unpaired) electrons. The first-order valence-electron chi connectivity index (χ1n) is 6.61. The Hall–Kier alpha value is -0.800. The Kier molecular flexibility index (Phi) is 4.84. The number of nitrogens with one attached hydrogen (secondary N) is 1. The van der Waals surface area contributed by atoms with E-state index in [1.807, 2.05) is 0 Å². The fraction of sp³-hybridized carbons (Fsp3) is 0.571. The van der Waals surface area contributed by atoms with Crippen LogP contribution in [0.1, 0.15) is 19.8 Å². The third-order valence-corrected chi connectivity index (χ3v) is 3.70. The molecule has 100 valence electrons. The molecule has 0 bridgehead atoms. The first-order chi connectivity index (χ1) is 8.70. The summed E-state index contributed by atoms with van der Waals surface area (Å²) in [6.45, 7) is 6.31. The van der Waals surface area contributed by atoms with Crippen LogP contribution < -0.4 is 10.2 Å². The van der Waals surface area contributed by atoms with Gasteiger partial charge >= 0.3 is 0 Å². The van der Waals surface area contributed by atoms with Gasteiger partial charge in [-0.25, -0.2) is 4.39 Å². The Labute approximate surface area is 113 Å². The van der Waals surface area contributed by atoms with Crippen LogP contribution in [0.2, 0.25) is 5.02 Å². The molecule has 1 unspecified atom stereocenters. The van der Waals surface area contributed by atoms with Crippen molar-refractivity contribution in [1.29, 1.82) is 0 Å². The quantitative estimate of drug-likeness (QED) is 0.826. The number of hydrogen-bond acceptors (Lipinski definition) is 2. The molecule has 1 aromatic rings. The minimum atomic E-state index is -0.274. The van der Waals surface area contributed by atoms with E-state index in [4.69, 9.17) is 11.6 Å². The summed E-state index contributed by atoms with van der Waals surface area (Å²) in [5.74, 6) is 0.391. The standard InChI is InChI=1S/C14H20ClFN2/c1-2-6-17-9-11-5-7-18(10-11)14-4-3-12(16)8-13(14)15/h3-4,8,11,17H,2,5-7,9-10H2,1H3. The molecule has 0 spiro atoms. The average Bonchev–Trinajstić information content (AvgIpc) is 2.78. The Morgan fingerprint density at radius 2 is 2.33 bits per heavy atom. The van der Waals surface area contributed by atoms with Crippen LogP contribution in [0.3, 0.4) is 0 Å². The van der Waals surface area contributed by atoms with E-state index in [1.54, 1.807) is 6.07 Å². The predicted octanol–water partition coefficient (Wildman–Crippen LogP) is 3.31. The van der Waals surface area contributed by atoms with Gasteiger partial charge in [-0.1, -0.05) is 18.5 Å². The van der Waals surface area contributed by atoms with Gasteiger partial charge in [0.1, 0.15) is 5.82 Å². The Morgan fingerprint density at radius 3 is 3.06 bits per heavy atom. The van der Waals surface area contributed by atoms with Crippen molar-refractivity contribution in [3.63, 3.8) is 0 Å². The first-order valence-corrected chi connectivity index (χ1v) is 6.99.